The van der Waals surface area contributed by atoms with Gasteiger partial charge in [-0.15, -0.1) is 5.10 Å². The molecule has 1 aliphatic rings. The van der Waals surface area contributed by atoms with Crippen LogP contribution in [0.1, 0.15) is 42.9 Å². The van der Waals surface area contributed by atoms with E-state index >= 15 is 4.39 Å². The van der Waals surface area contributed by atoms with E-state index in [9.17, 15) is 19.1 Å². The van der Waals surface area contributed by atoms with Crippen LogP contribution in [0.15, 0.2) is 35.1 Å². The number of aromatic nitrogens is 3. The molecule has 1 N–H and O–H groups in total. The first-order valence-corrected chi connectivity index (χ1v) is 11.3. The molecule has 0 spiro atoms. The van der Waals surface area contributed by atoms with Crippen molar-refractivity contribution in [2.45, 2.75) is 39.8 Å². The van der Waals surface area contributed by atoms with Crippen molar-refractivity contribution >= 4 is 28.9 Å². The van der Waals surface area contributed by atoms with Crippen LogP contribution in [0.25, 0.3) is 5.69 Å². The van der Waals surface area contributed by atoms with Crippen LogP contribution < -0.4 is 15.5 Å². The Kier molecular flexibility index (Phi) is 6.72. The summed E-state index contributed by atoms with van der Waals surface area (Å²) >= 11 is 6.21. The van der Waals surface area contributed by atoms with Gasteiger partial charge in [-0.1, -0.05) is 31.0 Å². The van der Waals surface area contributed by atoms with Gasteiger partial charge in [-0.2, -0.15) is 4.68 Å². The Bertz CT molecular complexity index is 1290. The van der Waals surface area contributed by atoms with Gasteiger partial charge in [0.2, 0.25) is 0 Å². The summed E-state index contributed by atoms with van der Waals surface area (Å²) in [5.41, 5.74) is -0.392. The van der Waals surface area contributed by atoms with Crippen molar-refractivity contribution in [3.63, 3.8) is 0 Å². The molecule has 0 bridgehead atoms. The summed E-state index contributed by atoms with van der Waals surface area (Å²) in [5.74, 6) is -2.02. The van der Waals surface area contributed by atoms with Gasteiger partial charge in [-0.3, -0.25) is 14.3 Å². The average Bonchev–Trinajstić information content (AvgIpc) is 3.14. The summed E-state index contributed by atoms with van der Waals surface area (Å²) in [6, 6.07) is 6.56. The molecule has 8 nitrogen and oxygen atoms in total. The normalized spacial score (nSPS) is 13.5. The highest BCUT2D eigenvalue weighted by Crippen LogP contribution is 2.37. The first-order valence-electron chi connectivity index (χ1n) is 11.0. The van der Waals surface area contributed by atoms with Gasteiger partial charge in [0.15, 0.2) is 5.82 Å². The number of hydrogen-bond donors (Lipinski definition) is 1. The van der Waals surface area contributed by atoms with Gasteiger partial charge in [-0.25, -0.2) is 13.6 Å². The Balaban J connectivity index is 1.87. The predicted molar refractivity (Wildman–Crippen MR) is 125 cm³/mol. The Morgan fingerprint density at radius 3 is 2.50 bits per heavy atom. The highest BCUT2D eigenvalue weighted by atomic mass is 35.5. The number of aliphatic hydroxyl groups excluding tert-OH is 1. The van der Waals surface area contributed by atoms with Crippen molar-refractivity contribution in [2.24, 2.45) is 0 Å². The van der Waals surface area contributed by atoms with E-state index in [0.29, 0.717) is 12.2 Å². The number of nitrogens with zero attached hydrogens (tertiary/aromatic N) is 5. The van der Waals surface area contributed by atoms with Crippen LogP contribution in [0.4, 0.5) is 20.2 Å². The van der Waals surface area contributed by atoms with E-state index < -0.39 is 29.8 Å². The molecule has 0 saturated carbocycles. The van der Waals surface area contributed by atoms with Crippen molar-refractivity contribution < 1.29 is 18.7 Å². The second kappa shape index (κ2) is 9.55. The summed E-state index contributed by atoms with van der Waals surface area (Å²) in [4.78, 5) is 29.1. The zero-order chi connectivity index (χ0) is 24.6. The number of benzene rings is 2. The highest BCUT2D eigenvalue weighted by molar-refractivity contribution is 6.34. The fraction of sp³-hybridized carbons (Fsp3) is 0.348. The van der Waals surface area contributed by atoms with E-state index in [-0.39, 0.29) is 41.0 Å². The number of amides is 1. The maximum atomic E-state index is 15.3. The van der Waals surface area contributed by atoms with Crippen LogP contribution in [0.2, 0.25) is 5.02 Å². The van der Waals surface area contributed by atoms with Crippen molar-refractivity contribution in [1.82, 2.24) is 14.3 Å². The number of rotatable bonds is 7. The number of anilines is 2. The lowest BCUT2D eigenvalue weighted by Gasteiger charge is -2.38. The standard InChI is InChI=1S/C23H24ClF2N5O3/c1-3-5-9-28-13-30(21-15(24)7-6-8-16(21)25)22(33)14-10-17(26)19(11-18(14)28)31-23(34)29(4-2)20(12-32)27-31/h6-8,10-11,32H,3-5,9,12-13H2,1-2H3. The third kappa shape index (κ3) is 3.97. The fourth-order valence-corrected chi connectivity index (χ4v) is 4.36. The Morgan fingerprint density at radius 1 is 1.12 bits per heavy atom. The van der Waals surface area contributed by atoms with Gasteiger partial charge in [0.05, 0.1) is 22.9 Å². The lowest BCUT2D eigenvalue weighted by molar-refractivity contribution is 0.0981. The molecule has 0 saturated heterocycles. The molecule has 2 aromatic carbocycles. The molecule has 180 valence electrons. The van der Waals surface area contributed by atoms with E-state index in [2.05, 4.69) is 5.10 Å². The number of halogens is 3. The van der Waals surface area contributed by atoms with Gasteiger partial charge in [0.25, 0.3) is 5.91 Å². The topological polar surface area (TPSA) is 83.6 Å². The second-order valence-electron chi connectivity index (χ2n) is 7.90. The summed E-state index contributed by atoms with van der Waals surface area (Å²) in [6.45, 7) is 3.99. The summed E-state index contributed by atoms with van der Waals surface area (Å²) in [6.07, 6.45) is 1.62. The molecule has 1 amide bonds. The smallest absolute Gasteiger partial charge is 0.350 e. The molecule has 3 aromatic rings. The lowest BCUT2D eigenvalue weighted by Crippen LogP contribution is -2.48. The maximum Gasteiger partial charge on any atom is 0.350 e. The highest BCUT2D eigenvalue weighted by Gasteiger charge is 2.34. The molecule has 0 aliphatic carbocycles. The average molecular weight is 492 g/mol. The molecular weight excluding hydrogens is 468 g/mol. The zero-order valence-electron chi connectivity index (χ0n) is 18.8. The van der Waals surface area contributed by atoms with Gasteiger partial charge >= 0.3 is 5.69 Å². The van der Waals surface area contributed by atoms with Crippen molar-refractivity contribution in [3.8, 4) is 5.69 Å². The quantitative estimate of drug-likeness (QED) is 0.545. The van der Waals surface area contributed by atoms with Gasteiger partial charge in [-0.05, 0) is 37.6 Å². The van der Waals surface area contributed by atoms with E-state index in [1.165, 1.54) is 33.7 Å². The Labute approximate surface area is 199 Å². The van der Waals surface area contributed by atoms with Crippen LogP contribution in [-0.2, 0) is 13.2 Å². The van der Waals surface area contributed by atoms with Gasteiger partial charge < -0.3 is 10.0 Å². The molecule has 1 aromatic heterocycles. The molecule has 0 radical (unpaired) electrons. The first kappa shape index (κ1) is 23.9. The molecule has 34 heavy (non-hydrogen) atoms. The number of aliphatic hydroxyl groups is 1. The van der Waals surface area contributed by atoms with E-state index in [1.807, 2.05) is 11.8 Å². The van der Waals surface area contributed by atoms with E-state index in [1.54, 1.807) is 6.92 Å². The lowest BCUT2D eigenvalue weighted by atomic mass is 10.0. The van der Waals surface area contributed by atoms with Crippen molar-refractivity contribution in [1.29, 1.82) is 0 Å². The molecule has 0 atom stereocenters. The number of para-hydroxylation sites is 1. The number of unbranched alkanes of at least 4 members (excludes halogenated alkanes) is 1. The minimum atomic E-state index is -0.851. The second-order valence-corrected chi connectivity index (χ2v) is 8.30. The van der Waals surface area contributed by atoms with Crippen molar-refractivity contribution in [3.05, 3.63) is 68.9 Å². The van der Waals surface area contributed by atoms with Crippen molar-refractivity contribution in [2.75, 3.05) is 23.0 Å². The largest absolute Gasteiger partial charge is 0.388 e. The number of hydrogen-bond acceptors (Lipinski definition) is 5. The third-order valence-electron chi connectivity index (χ3n) is 5.81. The monoisotopic (exact) mass is 491 g/mol. The number of carbonyl (C=O) groups excluding carboxylic acids is 1. The summed E-state index contributed by atoms with van der Waals surface area (Å²) in [7, 11) is 0. The van der Waals surface area contributed by atoms with E-state index in [4.69, 9.17) is 11.6 Å². The molecular formula is C23H24ClF2N5O3. The molecule has 11 heteroatoms. The zero-order valence-corrected chi connectivity index (χ0v) is 19.5. The molecule has 0 fully saturated rings. The minimum absolute atomic E-state index is 0.00223. The third-order valence-corrected chi connectivity index (χ3v) is 6.11. The molecule has 2 heterocycles. The van der Waals surface area contributed by atoms with Gasteiger partial charge in [0.1, 0.15) is 29.6 Å². The SMILES string of the molecule is CCCCN1CN(c2c(F)cccc2Cl)C(=O)c2cc(F)c(-n3nc(CO)n(CC)c3=O)cc21. The summed E-state index contributed by atoms with van der Waals surface area (Å²) in [5, 5.41) is 13.7. The van der Waals surface area contributed by atoms with E-state index in [0.717, 1.165) is 23.6 Å². The van der Waals surface area contributed by atoms with Crippen LogP contribution in [0, 0.1) is 11.6 Å². The minimum Gasteiger partial charge on any atom is -0.388 e. The molecule has 0 unspecified atom stereocenters. The van der Waals surface area contributed by atoms with Crippen LogP contribution in [0.3, 0.4) is 0 Å². The molecule has 4 rings (SSSR count). The van der Waals surface area contributed by atoms with Crippen LogP contribution in [-0.4, -0.2) is 38.6 Å². The van der Waals surface area contributed by atoms with Crippen LogP contribution >= 0.6 is 11.6 Å². The molecule has 1 aliphatic heterocycles. The number of fused-ring (bicyclic) bond motifs is 1. The predicted octanol–water partition coefficient (Wildman–Crippen LogP) is 3.70. The summed E-state index contributed by atoms with van der Waals surface area (Å²) < 4.78 is 32.0. The maximum absolute atomic E-state index is 15.3. The fourth-order valence-electron chi connectivity index (χ4n) is 4.09. The Morgan fingerprint density at radius 2 is 1.88 bits per heavy atom. The number of carbonyl (C=O) groups is 1. The first-order chi connectivity index (χ1) is 16.3. The Hall–Kier alpha value is -3.24. The van der Waals surface area contributed by atoms with Gasteiger partial charge in [0, 0.05) is 13.1 Å². The van der Waals surface area contributed by atoms with Crippen LogP contribution in [0.5, 0.6) is 0 Å².